The SMILES string of the molecule is CCS/C(C#N)=C/N1C(=O)C2CCCCN2C1=O. The van der Waals surface area contributed by atoms with Crippen LogP contribution in [0.4, 0.5) is 4.79 Å². The maximum absolute atomic E-state index is 12.1. The van der Waals surface area contributed by atoms with Crippen molar-refractivity contribution in [2.45, 2.75) is 32.2 Å². The molecule has 0 aromatic heterocycles. The zero-order valence-corrected chi connectivity index (χ0v) is 11.1. The van der Waals surface area contributed by atoms with Crippen molar-refractivity contribution >= 4 is 23.7 Å². The second kappa shape index (κ2) is 5.44. The van der Waals surface area contributed by atoms with Crippen LogP contribution in [0, 0.1) is 11.3 Å². The average molecular weight is 265 g/mol. The Balaban J connectivity index is 2.21. The molecule has 0 aliphatic carbocycles. The van der Waals surface area contributed by atoms with Crippen molar-refractivity contribution in [2.75, 3.05) is 12.3 Å². The van der Waals surface area contributed by atoms with Gasteiger partial charge in [-0.15, -0.1) is 11.8 Å². The van der Waals surface area contributed by atoms with Crippen molar-refractivity contribution in [3.63, 3.8) is 0 Å². The number of imide groups is 1. The third kappa shape index (κ3) is 2.23. The normalized spacial score (nSPS) is 24.2. The van der Waals surface area contributed by atoms with Gasteiger partial charge in [-0.1, -0.05) is 6.92 Å². The lowest BCUT2D eigenvalue weighted by molar-refractivity contribution is -0.127. The Labute approximate surface area is 110 Å². The number of fused-ring (bicyclic) bond motifs is 1. The summed E-state index contributed by atoms with van der Waals surface area (Å²) in [7, 11) is 0. The van der Waals surface area contributed by atoms with Crippen molar-refractivity contribution in [1.82, 2.24) is 9.80 Å². The molecule has 18 heavy (non-hydrogen) atoms. The van der Waals surface area contributed by atoms with E-state index in [1.54, 1.807) is 4.90 Å². The molecule has 2 heterocycles. The quantitative estimate of drug-likeness (QED) is 0.577. The molecule has 5 nitrogen and oxygen atoms in total. The summed E-state index contributed by atoms with van der Waals surface area (Å²) in [6.07, 6.45) is 4.04. The molecular formula is C12H15N3O2S. The van der Waals surface area contributed by atoms with Crippen molar-refractivity contribution < 1.29 is 9.59 Å². The number of nitrogens with zero attached hydrogens (tertiary/aromatic N) is 3. The Bertz CT molecular complexity index is 417. The van der Waals surface area contributed by atoms with Crippen LogP contribution in [0.1, 0.15) is 26.2 Å². The van der Waals surface area contributed by atoms with Crippen molar-refractivity contribution in [2.24, 2.45) is 0 Å². The van der Waals surface area contributed by atoms with E-state index >= 15 is 0 Å². The van der Waals surface area contributed by atoms with Gasteiger partial charge in [0.2, 0.25) is 0 Å². The van der Waals surface area contributed by atoms with E-state index in [9.17, 15) is 9.59 Å². The summed E-state index contributed by atoms with van der Waals surface area (Å²) in [6, 6.07) is 1.42. The molecule has 0 spiro atoms. The third-order valence-corrected chi connectivity index (χ3v) is 3.93. The Hall–Kier alpha value is -1.48. The van der Waals surface area contributed by atoms with E-state index in [4.69, 9.17) is 5.26 Å². The zero-order valence-electron chi connectivity index (χ0n) is 10.3. The van der Waals surface area contributed by atoms with Gasteiger partial charge >= 0.3 is 6.03 Å². The predicted molar refractivity (Wildman–Crippen MR) is 68.4 cm³/mol. The van der Waals surface area contributed by atoms with Crippen LogP contribution >= 0.6 is 11.8 Å². The highest BCUT2D eigenvalue weighted by Gasteiger charge is 2.45. The highest BCUT2D eigenvalue weighted by molar-refractivity contribution is 8.03. The summed E-state index contributed by atoms with van der Waals surface area (Å²) in [5, 5.41) is 8.95. The summed E-state index contributed by atoms with van der Waals surface area (Å²) in [4.78, 5) is 27.3. The maximum Gasteiger partial charge on any atom is 0.331 e. The number of hydrogen-bond acceptors (Lipinski definition) is 4. The van der Waals surface area contributed by atoms with E-state index in [1.165, 1.54) is 18.0 Å². The minimum atomic E-state index is -0.311. The van der Waals surface area contributed by atoms with E-state index in [-0.39, 0.29) is 18.0 Å². The van der Waals surface area contributed by atoms with Gasteiger partial charge in [0.15, 0.2) is 0 Å². The average Bonchev–Trinajstić information content (AvgIpc) is 2.64. The summed E-state index contributed by atoms with van der Waals surface area (Å²) >= 11 is 1.34. The van der Waals surface area contributed by atoms with Crippen LogP contribution in [0.25, 0.3) is 0 Å². The Morgan fingerprint density at radius 2 is 2.33 bits per heavy atom. The first-order valence-electron chi connectivity index (χ1n) is 6.07. The first-order chi connectivity index (χ1) is 8.69. The van der Waals surface area contributed by atoms with E-state index < -0.39 is 0 Å². The minimum absolute atomic E-state index is 0.191. The summed E-state index contributed by atoms with van der Waals surface area (Å²) in [6.45, 7) is 2.56. The van der Waals surface area contributed by atoms with Gasteiger partial charge in [-0.3, -0.25) is 4.79 Å². The standard InChI is InChI=1S/C12H15N3O2S/c1-2-18-9(7-13)8-15-11(16)10-5-3-4-6-14(10)12(15)17/h8,10H,2-6H2,1H3/b9-8+. The molecule has 2 aliphatic rings. The molecule has 96 valence electrons. The predicted octanol–water partition coefficient (Wildman–Crippen LogP) is 1.92. The lowest BCUT2D eigenvalue weighted by Crippen LogP contribution is -2.38. The monoisotopic (exact) mass is 265 g/mol. The van der Waals surface area contributed by atoms with Gasteiger partial charge in [-0.2, -0.15) is 5.26 Å². The first kappa shape index (κ1) is 13.0. The van der Waals surface area contributed by atoms with Gasteiger partial charge < -0.3 is 4.90 Å². The van der Waals surface area contributed by atoms with Crippen molar-refractivity contribution in [3.8, 4) is 6.07 Å². The molecule has 2 aliphatic heterocycles. The smallest absolute Gasteiger partial charge is 0.312 e. The molecule has 2 fully saturated rings. The molecule has 2 rings (SSSR count). The number of carbonyl (C=O) groups excluding carboxylic acids is 2. The molecule has 3 amide bonds. The molecule has 6 heteroatoms. The number of amides is 3. The fraction of sp³-hybridized carbons (Fsp3) is 0.583. The Kier molecular flexibility index (Phi) is 3.92. The second-order valence-corrected chi connectivity index (χ2v) is 5.54. The van der Waals surface area contributed by atoms with Crippen LogP contribution in [0.5, 0.6) is 0 Å². The Morgan fingerprint density at radius 1 is 1.56 bits per heavy atom. The molecule has 2 saturated heterocycles. The molecule has 0 aromatic rings. The fourth-order valence-corrected chi connectivity index (χ4v) is 2.86. The first-order valence-corrected chi connectivity index (χ1v) is 7.06. The lowest BCUT2D eigenvalue weighted by atomic mass is 10.0. The van der Waals surface area contributed by atoms with Crippen LogP contribution < -0.4 is 0 Å². The zero-order chi connectivity index (χ0) is 13.1. The maximum atomic E-state index is 12.1. The highest BCUT2D eigenvalue weighted by atomic mass is 32.2. The molecule has 0 N–H and O–H groups in total. The summed E-state index contributed by atoms with van der Waals surface area (Å²) in [5.41, 5.74) is 0. The Morgan fingerprint density at radius 3 is 2.94 bits per heavy atom. The summed E-state index contributed by atoms with van der Waals surface area (Å²) in [5.74, 6) is 0.548. The van der Waals surface area contributed by atoms with Crippen LogP contribution in [-0.4, -0.2) is 40.1 Å². The number of allylic oxidation sites excluding steroid dienone is 1. The van der Waals surface area contributed by atoms with E-state index in [1.807, 2.05) is 13.0 Å². The number of piperidine rings is 1. The van der Waals surface area contributed by atoms with Crippen LogP contribution in [0.2, 0.25) is 0 Å². The number of hydrogen-bond donors (Lipinski definition) is 0. The van der Waals surface area contributed by atoms with Crippen LogP contribution in [-0.2, 0) is 4.79 Å². The lowest BCUT2D eigenvalue weighted by Gasteiger charge is -2.25. The third-order valence-electron chi connectivity index (χ3n) is 3.13. The second-order valence-electron chi connectivity index (χ2n) is 4.23. The fourth-order valence-electron chi connectivity index (χ4n) is 2.30. The molecule has 0 aromatic carbocycles. The van der Waals surface area contributed by atoms with Gasteiger partial charge in [0.25, 0.3) is 5.91 Å². The molecule has 1 atom stereocenters. The molecule has 0 bridgehead atoms. The summed E-state index contributed by atoms with van der Waals surface area (Å²) < 4.78 is 0. The van der Waals surface area contributed by atoms with Gasteiger partial charge in [0.05, 0.1) is 0 Å². The largest absolute Gasteiger partial charge is 0.331 e. The van der Waals surface area contributed by atoms with E-state index in [2.05, 4.69) is 0 Å². The highest BCUT2D eigenvalue weighted by Crippen LogP contribution is 2.28. The number of rotatable bonds is 3. The number of thioether (sulfide) groups is 1. The molecular weight excluding hydrogens is 250 g/mol. The van der Waals surface area contributed by atoms with Gasteiger partial charge in [0.1, 0.15) is 17.0 Å². The van der Waals surface area contributed by atoms with Crippen LogP contribution in [0.3, 0.4) is 0 Å². The molecule has 1 unspecified atom stereocenters. The minimum Gasteiger partial charge on any atom is -0.312 e. The topological polar surface area (TPSA) is 64.4 Å². The number of carbonyl (C=O) groups is 2. The van der Waals surface area contributed by atoms with E-state index in [0.29, 0.717) is 11.4 Å². The molecule has 0 radical (unpaired) electrons. The van der Waals surface area contributed by atoms with Gasteiger partial charge in [-0.05, 0) is 25.0 Å². The van der Waals surface area contributed by atoms with Crippen LogP contribution in [0.15, 0.2) is 11.1 Å². The van der Waals surface area contributed by atoms with Crippen molar-refractivity contribution in [1.29, 1.82) is 5.26 Å². The molecule has 0 saturated carbocycles. The van der Waals surface area contributed by atoms with Gasteiger partial charge in [0, 0.05) is 12.7 Å². The number of urea groups is 1. The van der Waals surface area contributed by atoms with Crippen molar-refractivity contribution in [3.05, 3.63) is 11.1 Å². The van der Waals surface area contributed by atoms with E-state index in [0.717, 1.165) is 29.9 Å². The van der Waals surface area contributed by atoms with Gasteiger partial charge in [-0.25, -0.2) is 9.69 Å². The number of nitriles is 1.